The van der Waals surface area contributed by atoms with Crippen LogP contribution in [0.3, 0.4) is 0 Å². The Morgan fingerprint density at radius 1 is 1.19 bits per heavy atom. The van der Waals surface area contributed by atoms with E-state index in [4.69, 9.17) is 24.5 Å². The zero-order chi connectivity index (χ0) is 19.5. The predicted octanol–water partition coefficient (Wildman–Crippen LogP) is 2.24. The highest BCUT2D eigenvalue weighted by Gasteiger charge is 2.15. The summed E-state index contributed by atoms with van der Waals surface area (Å²) in [6, 6.07) is 9.89. The van der Waals surface area contributed by atoms with Crippen LogP contribution in [0.4, 0.5) is 0 Å². The van der Waals surface area contributed by atoms with E-state index in [9.17, 15) is 0 Å². The lowest BCUT2D eigenvalue weighted by Crippen LogP contribution is -2.21. The third-order valence-electron chi connectivity index (χ3n) is 3.31. The van der Waals surface area contributed by atoms with Gasteiger partial charge in [-0.1, -0.05) is 36.0 Å². The molecular weight excluding hydrogens is 390 g/mol. The van der Waals surface area contributed by atoms with Crippen LogP contribution in [0.25, 0.3) is 5.57 Å². The first kappa shape index (κ1) is 20.9. The first-order valence-electron chi connectivity index (χ1n) is 8.07. The molecule has 3 rings (SSSR count). The number of thioether (sulfide) groups is 1. The first-order chi connectivity index (χ1) is 13.1. The molecule has 0 amide bonds. The van der Waals surface area contributed by atoms with E-state index < -0.39 is 11.9 Å². The van der Waals surface area contributed by atoms with Gasteiger partial charge in [-0.25, -0.2) is 9.59 Å². The van der Waals surface area contributed by atoms with Crippen molar-refractivity contribution in [2.45, 2.75) is 11.4 Å². The standard InChI is InChI=1S/C15H17N3OS2.C2H2O4/c1-2-6-13(7-3-1)19-9-10-20-15-14(17-21-18-15)12-5-4-8-16-11-12;3-1(4)2(5)6/h1-3,5-7,16H,4,8-11H2;(H,3,4)(H,5,6). The smallest absolute Gasteiger partial charge is 0.414 e. The summed E-state index contributed by atoms with van der Waals surface area (Å²) in [5, 5.41) is 19.2. The van der Waals surface area contributed by atoms with E-state index in [2.05, 4.69) is 20.1 Å². The number of hydrogen-bond acceptors (Lipinski definition) is 8. The van der Waals surface area contributed by atoms with Gasteiger partial charge in [0.15, 0.2) is 0 Å². The maximum absolute atomic E-state index is 9.10. The minimum Gasteiger partial charge on any atom is -0.493 e. The summed E-state index contributed by atoms with van der Waals surface area (Å²) in [6.07, 6.45) is 3.33. The molecule has 0 saturated heterocycles. The molecule has 1 aliphatic heterocycles. The summed E-state index contributed by atoms with van der Waals surface area (Å²) >= 11 is 2.99. The number of carboxylic acids is 2. The van der Waals surface area contributed by atoms with Crippen LogP contribution in [0, 0.1) is 0 Å². The number of aliphatic carboxylic acids is 2. The lowest BCUT2D eigenvalue weighted by Gasteiger charge is -2.13. The van der Waals surface area contributed by atoms with Crippen molar-refractivity contribution in [1.82, 2.24) is 14.1 Å². The van der Waals surface area contributed by atoms with Crippen molar-refractivity contribution in [1.29, 1.82) is 0 Å². The number of nitrogens with zero attached hydrogens (tertiary/aromatic N) is 2. The van der Waals surface area contributed by atoms with Gasteiger partial charge in [0.05, 0.1) is 18.3 Å². The number of nitrogens with one attached hydrogen (secondary N) is 1. The van der Waals surface area contributed by atoms with Gasteiger partial charge >= 0.3 is 11.9 Å². The van der Waals surface area contributed by atoms with Crippen molar-refractivity contribution in [3.63, 3.8) is 0 Å². The first-order valence-corrected chi connectivity index (χ1v) is 9.79. The minimum absolute atomic E-state index is 0.670. The lowest BCUT2D eigenvalue weighted by atomic mass is 10.1. The highest BCUT2D eigenvalue weighted by Crippen LogP contribution is 2.27. The molecule has 0 atom stereocenters. The molecule has 0 radical (unpaired) electrons. The third-order valence-corrected chi connectivity index (χ3v) is 4.88. The van der Waals surface area contributed by atoms with Gasteiger partial charge < -0.3 is 20.3 Å². The molecule has 0 aliphatic carbocycles. The van der Waals surface area contributed by atoms with Crippen molar-refractivity contribution in [2.24, 2.45) is 0 Å². The molecule has 0 saturated carbocycles. The lowest BCUT2D eigenvalue weighted by molar-refractivity contribution is -0.159. The minimum atomic E-state index is -1.82. The number of rotatable bonds is 6. The van der Waals surface area contributed by atoms with E-state index in [1.54, 1.807) is 11.8 Å². The second kappa shape index (κ2) is 11.3. The molecule has 8 nitrogen and oxygen atoms in total. The zero-order valence-corrected chi connectivity index (χ0v) is 16.0. The van der Waals surface area contributed by atoms with E-state index >= 15 is 0 Å². The second-order valence-corrected chi connectivity index (χ2v) is 6.85. The number of hydrogen-bond donors (Lipinski definition) is 3. The highest BCUT2D eigenvalue weighted by molar-refractivity contribution is 7.99. The van der Waals surface area contributed by atoms with Crippen LogP contribution in [-0.2, 0) is 9.59 Å². The largest absolute Gasteiger partial charge is 0.493 e. The summed E-state index contributed by atoms with van der Waals surface area (Å²) < 4.78 is 14.5. The molecule has 0 bridgehead atoms. The van der Waals surface area contributed by atoms with Gasteiger partial charge in [-0.15, -0.1) is 0 Å². The Balaban J connectivity index is 0.000000380. The molecule has 1 aromatic heterocycles. The van der Waals surface area contributed by atoms with Gasteiger partial charge in [-0.3, -0.25) is 0 Å². The normalized spacial score (nSPS) is 13.1. The summed E-state index contributed by atoms with van der Waals surface area (Å²) in [6.45, 7) is 2.61. The predicted molar refractivity (Wildman–Crippen MR) is 103 cm³/mol. The molecule has 144 valence electrons. The fourth-order valence-corrected chi connectivity index (χ4v) is 3.64. The van der Waals surface area contributed by atoms with E-state index in [0.29, 0.717) is 6.61 Å². The Labute approximate surface area is 164 Å². The van der Waals surface area contributed by atoms with Crippen LogP contribution in [0.2, 0.25) is 0 Å². The molecule has 0 unspecified atom stereocenters. The van der Waals surface area contributed by atoms with Gasteiger partial charge in [-0.05, 0) is 30.7 Å². The molecule has 1 aliphatic rings. The van der Waals surface area contributed by atoms with E-state index in [1.807, 2.05) is 30.3 Å². The van der Waals surface area contributed by atoms with E-state index in [1.165, 1.54) is 17.3 Å². The summed E-state index contributed by atoms with van der Waals surface area (Å²) in [5.74, 6) is -1.87. The molecule has 3 N–H and O–H groups in total. The Kier molecular flexibility index (Phi) is 8.75. The van der Waals surface area contributed by atoms with Crippen molar-refractivity contribution >= 4 is 41.0 Å². The number of para-hydroxylation sites is 1. The third kappa shape index (κ3) is 7.37. The number of carboxylic acid groups (broad SMARTS) is 2. The van der Waals surface area contributed by atoms with Crippen LogP contribution >= 0.6 is 23.5 Å². The van der Waals surface area contributed by atoms with Crippen molar-refractivity contribution in [2.75, 3.05) is 25.4 Å². The van der Waals surface area contributed by atoms with Gasteiger partial charge in [0, 0.05) is 12.3 Å². The van der Waals surface area contributed by atoms with Gasteiger partial charge in [0.1, 0.15) is 16.5 Å². The maximum atomic E-state index is 9.10. The van der Waals surface area contributed by atoms with Crippen molar-refractivity contribution in [3.8, 4) is 5.75 Å². The van der Waals surface area contributed by atoms with Gasteiger partial charge in [0.25, 0.3) is 0 Å². The molecule has 0 spiro atoms. The van der Waals surface area contributed by atoms with Crippen molar-refractivity contribution in [3.05, 3.63) is 42.1 Å². The van der Waals surface area contributed by atoms with Crippen LogP contribution in [0.15, 0.2) is 41.4 Å². The molecule has 0 fully saturated rings. The molecular formula is C17H19N3O5S2. The van der Waals surface area contributed by atoms with Gasteiger partial charge in [0.2, 0.25) is 0 Å². The molecule has 2 aromatic rings. The van der Waals surface area contributed by atoms with Crippen molar-refractivity contribution < 1.29 is 24.5 Å². The molecule has 2 heterocycles. The number of benzene rings is 1. The summed E-state index contributed by atoms with van der Waals surface area (Å²) in [7, 11) is 0. The quantitative estimate of drug-likeness (QED) is 0.374. The molecule has 27 heavy (non-hydrogen) atoms. The summed E-state index contributed by atoms with van der Waals surface area (Å²) in [4.78, 5) is 18.2. The molecule has 1 aromatic carbocycles. The Bertz CT molecular complexity index is 768. The van der Waals surface area contributed by atoms with E-state index in [0.717, 1.165) is 41.7 Å². The monoisotopic (exact) mass is 409 g/mol. The Morgan fingerprint density at radius 3 is 2.56 bits per heavy atom. The van der Waals surface area contributed by atoms with Crippen LogP contribution in [0.5, 0.6) is 5.75 Å². The fourth-order valence-electron chi connectivity index (χ4n) is 2.11. The Hall–Kier alpha value is -2.43. The summed E-state index contributed by atoms with van der Waals surface area (Å²) in [5.41, 5.74) is 2.30. The number of aromatic nitrogens is 2. The van der Waals surface area contributed by atoms with E-state index in [-0.39, 0.29) is 0 Å². The molecule has 10 heteroatoms. The number of ether oxygens (including phenoxy) is 1. The van der Waals surface area contributed by atoms with Crippen LogP contribution < -0.4 is 10.1 Å². The van der Waals surface area contributed by atoms with Crippen LogP contribution in [0.1, 0.15) is 12.1 Å². The second-order valence-electron chi connectivity index (χ2n) is 5.23. The highest BCUT2D eigenvalue weighted by atomic mass is 32.2. The average Bonchev–Trinajstić information content (AvgIpc) is 3.16. The average molecular weight is 409 g/mol. The maximum Gasteiger partial charge on any atom is 0.414 e. The Morgan fingerprint density at radius 2 is 1.93 bits per heavy atom. The zero-order valence-electron chi connectivity index (χ0n) is 14.3. The van der Waals surface area contributed by atoms with Gasteiger partial charge in [-0.2, -0.15) is 8.75 Å². The fraction of sp³-hybridized carbons (Fsp3) is 0.294. The SMILES string of the molecule is C1=C(c2nsnc2SCCOc2ccccc2)CNCC1.O=C(O)C(=O)O. The topological polar surface area (TPSA) is 122 Å². The van der Waals surface area contributed by atoms with Crippen LogP contribution in [-0.4, -0.2) is 56.3 Å². The number of carbonyl (C=O) groups is 2.